The summed E-state index contributed by atoms with van der Waals surface area (Å²) in [7, 11) is 0. The minimum atomic E-state index is -0.298. The maximum atomic E-state index is 12.1. The lowest BCUT2D eigenvalue weighted by Gasteiger charge is -2.02. The molecule has 5 nitrogen and oxygen atoms in total. The van der Waals surface area contributed by atoms with Gasteiger partial charge in [0.25, 0.3) is 5.91 Å². The summed E-state index contributed by atoms with van der Waals surface area (Å²) in [5, 5.41) is 10.5. The number of carbonyl (C=O) groups excluding carboxylic acids is 1. The Bertz CT molecular complexity index is 857. The highest BCUT2D eigenvalue weighted by Crippen LogP contribution is 2.24. The molecule has 1 N–H and O–H groups in total. The van der Waals surface area contributed by atoms with Crippen LogP contribution in [0.2, 0.25) is 0 Å². The van der Waals surface area contributed by atoms with Crippen molar-refractivity contribution in [3.05, 3.63) is 63.6 Å². The lowest BCUT2D eigenvalue weighted by molar-refractivity contribution is 0.102. The van der Waals surface area contributed by atoms with Crippen molar-refractivity contribution in [1.29, 1.82) is 0 Å². The van der Waals surface area contributed by atoms with Gasteiger partial charge in [-0.15, -0.1) is 5.10 Å². The van der Waals surface area contributed by atoms with E-state index in [1.807, 2.05) is 32.0 Å². The molecule has 0 fully saturated rings. The third-order valence-corrected chi connectivity index (χ3v) is 3.89. The minimum absolute atomic E-state index is 0.0768. The molecule has 116 valence electrons. The van der Waals surface area contributed by atoms with Gasteiger partial charge in [-0.3, -0.25) is 10.1 Å². The van der Waals surface area contributed by atoms with Crippen LogP contribution in [0.4, 0.5) is 6.01 Å². The number of hydrogen-bond donors (Lipinski definition) is 1. The van der Waals surface area contributed by atoms with E-state index in [9.17, 15) is 4.79 Å². The zero-order valence-electron chi connectivity index (χ0n) is 12.6. The highest BCUT2D eigenvalue weighted by atomic mass is 79.9. The fraction of sp³-hybridized carbons (Fsp3) is 0.118. The number of anilines is 1. The van der Waals surface area contributed by atoms with E-state index in [0.29, 0.717) is 11.5 Å². The first kappa shape index (κ1) is 15.4. The second kappa shape index (κ2) is 6.34. The van der Waals surface area contributed by atoms with Crippen LogP contribution in [-0.4, -0.2) is 16.1 Å². The number of halogens is 1. The Morgan fingerprint density at radius 2 is 1.83 bits per heavy atom. The second-order valence-electron chi connectivity index (χ2n) is 5.19. The van der Waals surface area contributed by atoms with Gasteiger partial charge in [-0.25, -0.2) is 0 Å². The highest BCUT2D eigenvalue weighted by Gasteiger charge is 2.14. The SMILES string of the molecule is Cc1ccc(-c2nnc(NC(=O)c3ccc(Br)cc3)o2)c(C)c1. The summed E-state index contributed by atoms with van der Waals surface area (Å²) >= 11 is 3.33. The third kappa shape index (κ3) is 3.48. The van der Waals surface area contributed by atoms with Crippen molar-refractivity contribution < 1.29 is 9.21 Å². The van der Waals surface area contributed by atoms with Crippen LogP contribution in [-0.2, 0) is 0 Å². The Kier molecular flexibility index (Phi) is 4.25. The quantitative estimate of drug-likeness (QED) is 0.742. The maximum Gasteiger partial charge on any atom is 0.322 e. The molecule has 23 heavy (non-hydrogen) atoms. The summed E-state index contributed by atoms with van der Waals surface area (Å²) in [5.74, 6) is 0.0851. The van der Waals surface area contributed by atoms with Crippen molar-refractivity contribution in [2.75, 3.05) is 5.32 Å². The molecule has 0 unspecified atom stereocenters. The Hall–Kier alpha value is -2.47. The monoisotopic (exact) mass is 371 g/mol. The Labute approximate surface area is 141 Å². The minimum Gasteiger partial charge on any atom is -0.403 e. The number of carbonyl (C=O) groups is 1. The Balaban J connectivity index is 1.79. The number of aryl methyl sites for hydroxylation is 2. The molecule has 0 bridgehead atoms. The number of aromatic nitrogens is 2. The molecule has 1 amide bonds. The van der Waals surface area contributed by atoms with Crippen molar-refractivity contribution in [3.63, 3.8) is 0 Å². The van der Waals surface area contributed by atoms with Crippen LogP contribution in [0, 0.1) is 13.8 Å². The van der Waals surface area contributed by atoms with Gasteiger partial charge in [0.2, 0.25) is 5.89 Å². The molecule has 0 saturated carbocycles. The molecule has 3 aromatic rings. The molecule has 0 aliphatic rings. The van der Waals surface area contributed by atoms with Gasteiger partial charge in [0, 0.05) is 15.6 Å². The maximum absolute atomic E-state index is 12.1. The summed E-state index contributed by atoms with van der Waals surface area (Å²) in [4.78, 5) is 12.1. The molecule has 1 aromatic heterocycles. The first-order valence-corrected chi connectivity index (χ1v) is 7.80. The summed E-state index contributed by atoms with van der Waals surface area (Å²) in [6.45, 7) is 4.00. The Morgan fingerprint density at radius 1 is 1.09 bits per heavy atom. The van der Waals surface area contributed by atoms with E-state index in [4.69, 9.17) is 4.42 Å². The normalized spacial score (nSPS) is 10.6. The van der Waals surface area contributed by atoms with Crippen LogP contribution >= 0.6 is 15.9 Å². The number of nitrogens with one attached hydrogen (secondary N) is 1. The first-order valence-electron chi connectivity index (χ1n) is 7.01. The van der Waals surface area contributed by atoms with E-state index in [2.05, 4.69) is 31.4 Å². The van der Waals surface area contributed by atoms with E-state index < -0.39 is 0 Å². The topological polar surface area (TPSA) is 68.0 Å². The lowest BCUT2D eigenvalue weighted by Crippen LogP contribution is -2.11. The number of hydrogen-bond acceptors (Lipinski definition) is 4. The summed E-state index contributed by atoms with van der Waals surface area (Å²) in [5.41, 5.74) is 3.57. The smallest absolute Gasteiger partial charge is 0.322 e. The average Bonchev–Trinajstić information content (AvgIpc) is 2.96. The number of amides is 1. The van der Waals surface area contributed by atoms with E-state index in [1.54, 1.807) is 24.3 Å². The fourth-order valence-corrected chi connectivity index (χ4v) is 2.47. The van der Waals surface area contributed by atoms with Crippen LogP contribution in [0.15, 0.2) is 51.4 Å². The molecule has 3 rings (SSSR count). The number of nitrogens with zero attached hydrogens (tertiary/aromatic N) is 2. The van der Waals surface area contributed by atoms with Gasteiger partial charge in [0.15, 0.2) is 0 Å². The molecule has 6 heteroatoms. The molecule has 0 atom stereocenters. The van der Waals surface area contributed by atoms with Crippen LogP contribution in [0.25, 0.3) is 11.5 Å². The van der Waals surface area contributed by atoms with Crippen LogP contribution < -0.4 is 5.32 Å². The molecule has 0 saturated heterocycles. The van der Waals surface area contributed by atoms with Crippen molar-refractivity contribution >= 4 is 27.9 Å². The van der Waals surface area contributed by atoms with Gasteiger partial charge in [0.1, 0.15) is 0 Å². The largest absolute Gasteiger partial charge is 0.403 e. The van der Waals surface area contributed by atoms with E-state index in [1.165, 1.54) is 0 Å². The fourth-order valence-electron chi connectivity index (χ4n) is 2.21. The zero-order chi connectivity index (χ0) is 16.4. The van der Waals surface area contributed by atoms with Gasteiger partial charge < -0.3 is 4.42 Å². The van der Waals surface area contributed by atoms with Gasteiger partial charge >= 0.3 is 6.01 Å². The summed E-state index contributed by atoms with van der Waals surface area (Å²) in [6, 6.07) is 13.0. The van der Waals surface area contributed by atoms with Crippen LogP contribution in [0.3, 0.4) is 0 Å². The van der Waals surface area contributed by atoms with Crippen LogP contribution in [0.5, 0.6) is 0 Å². The van der Waals surface area contributed by atoms with Gasteiger partial charge in [-0.05, 0) is 49.7 Å². The van der Waals surface area contributed by atoms with Crippen molar-refractivity contribution in [3.8, 4) is 11.5 Å². The number of benzene rings is 2. The molecule has 1 heterocycles. The van der Waals surface area contributed by atoms with E-state index in [0.717, 1.165) is 21.2 Å². The standard InChI is InChI=1S/C17H14BrN3O2/c1-10-3-8-14(11(2)9-10)16-20-21-17(23-16)19-15(22)12-4-6-13(18)7-5-12/h3-9H,1-2H3,(H,19,21,22). The van der Waals surface area contributed by atoms with Crippen molar-refractivity contribution in [2.24, 2.45) is 0 Å². The first-order chi connectivity index (χ1) is 11.0. The summed E-state index contributed by atoms with van der Waals surface area (Å²) < 4.78 is 6.45. The molecular formula is C17H14BrN3O2. The molecule has 0 aliphatic carbocycles. The van der Waals surface area contributed by atoms with E-state index >= 15 is 0 Å². The van der Waals surface area contributed by atoms with Gasteiger partial charge in [0.05, 0.1) is 0 Å². The Morgan fingerprint density at radius 3 is 2.52 bits per heavy atom. The van der Waals surface area contributed by atoms with Crippen LogP contribution in [0.1, 0.15) is 21.5 Å². The van der Waals surface area contributed by atoms with Gasteiger partial charge in [-0.2, -0.15) is 0 Å². The molecule has 0 aliphatic heterocycles. The van der Waals surface area contributed by atoms with Crippen molar-refractivity contribution in [1.82, 2.24) is 10.2 Å². The molecular weight excluding hydrogens is 358 g/mol. The second-order valence-corrected chi connectivity index (χ2v) is 6.11. The predicted octanol–water partition coefficient (Wildman–Crippen LogP) is 4.37. The zero-order valence-corrected chi connectivity index (χ0v) is 14.2. The molecule has 0 radical (unpaired) electrons. The van der Waals surface area contributed by atoms with E-state index in [-0.39, 0.29) is 11.9 Å². The predicted molar refractivity (Wildman–Crippen MR) is 91.3 cm³/mol. The molecule has 0 spiro atoms. The lowest BCUT2D eigenvalue weighted by atomic mass is 10.1. The third-order valence-electron chi connectivity index (χ3n) is 3.36. The molecule has 2 aromatic carbocycles. The number of rotatable bonds is 3. The van der Waals surface area contributed by atoms with Crippen molar-refractivity contribution in [2.45, 2.75) is 13.8 Å². The highest BCUT2D eigenvalue weighted by molar-refractivity contribution is 9.10. The summed E-state index contributed by atoms with van der Waals surface area (Å²) in [6.07, 6.45) is 0. The van der Waals surface area contributed by atoms with Gasteiger partial charge in [-0.1, -0.05) is 38.7 Å². The average molecular weight is 372 g/mol.